The number of nitrogens with one attached hydrogen (secondary N) is 1. The lowest BCUT2D eigenvalue weighted by Crippen LogP contribution is -2.35. The molecule has 0 radical (unpaired) electrons. The molecule has 108 valence electrons. The highest BCUT2D eigenvalue weighted by Crippen LogP contribution is 2.28. The average molecular weight is 282 g/mol. The summed E-state index contributed by atoms with van der Waals surface area (Å²) in [4.78, 5) is 0. The summed E-state index contributed by atoms with van der Waals surface area (Å²) in [6.07, 6.45) is 3.55. The molecule has 1 nitrogen and oxygen atoms in total. The van der Waals surface area contributed by atoms with E-state index in [4.69, 9.17) is 11.6 Å². The van der Waals surface area contributed by atoms with Gasteiger partial charge in [0.1, 0.15) is 0 Å². The van der Waals surface area contributed by atoms with E-state index in [1.165, 1.54) is 18.4 Å². The Balaban J connectivity index is 2.64. The zero-order valence-corrected chi connectivity index (χ0v) is 13.6. The highest BCUT2D eigenvalue weighted by atomic mass is 35.5. The van der Waals surface area contributed by atoms with Crippen molar-refractivity contribution < 1.29 is 0 Å². The molecule has 0 saturated heterocycles. The summed E-state index contributed by atoms with van der Waals surface area (Å²) >= 11 is 6.08. The van der Waals surface area contributed by atoms with E-state index in [2.05, 4.69) is 45.1 Å². The predicted octanol–water partition coefficient (Wildman–Crippen LogP) is 4.93. The first-order valence-corrected chi connectivity index (χ1v) is 7.78. The number of halogens is 1. The molecule has 0 aliphatic rings. The van der Waals surface area contributed by atoms with Crippen LogP contribution in [-0.4, -0.2) is 13.1 Å². The Morgan fingerprint density at radius 1 is 1.32 bits per heavy atom. The van der Waals surface area contributed by atoms with Crippen LogP contribution in [0.2, 0.25) is 5.02 Å². The van der Waals surface area contributed by atoms with Gasteiger partial charge in [0, 0.05) is 11.6 Å². The first kappa shape index (κ1) is 16.5. The molecule has 0 bridgehead atoms. The predicted molar refractivity (Wildman–Crippen MR) is 85.9 cm³/mol. The lowest BCUT2D eigenvalue weighted by atomic mass is 9.79. The first-order chi connectivity index (χ1) is 8.95. The van der Waals surface area contributed by atoms with Crippen LogP contribution in [0.5, 0.6) is 0 Å². The smallest absolute Gasteiger partial charge is 0.0408 e. The number of hydrogen-bond donors (Lipinski definition) is 1. The van der Waals surface area contributed by atoms with Crippen LogP contribution in [0.3, 0.4) is 0 Å². The van der Waals surface area contributed by atoms with E-state index in [0.29, 0.717) is 11.3 Å². The molecule has 1 N–H and O–H groups in total. The number of benzene rings is 1. The summed E-state index contributed by atoms with van der Waals surface area (Å²) in [5, 5.41) is 4.45. The van der Waals surface area contributed by atoms with Gasteiger partial charge in [-0.2, -0.15) is 0 Å². The molecule has 0 aliphatic heterocycles. The van der Waals surface area contributed by atoms with E-state index in [-0.39, 0.29) is 0 Å². The Morgan fingerprint density at radius 3 is 2.63 bits per heavy atom. The zero-order valence-electron chi connectivity index (χ0n) is 12.8. The van der Waals surface area contributed by atoms with E-state index in [0.717, 1.165) is 24.5 Å². The lowest BCUT2D eigenvalue weighted by Gasteiger charge is -2.30. The van der Waals surface area contributed by atoms with Gasteiger partial charge in [0.2, 0.25) is 0 Å². The zero-order chi connectivity index (χ0) is 14.3. The van der Waals surface area contributed by atoms with Crippen LogP contribution in [0.25, 0.3) is 0 Å². The Bertz CT molecular complexity index is 375. The van der Waals surface area contributed by atoms with Gasteiger partial charge in [-0.05, 0) is 48.4 Å². The molecule has 2 heteroatoms. The number of hydrogen-bond acceptors (Lipinski definition) is 1. The monoisotopic (exact) mass is 281 g/mol. The minimum atomic E-state index is 0.314. The molecule has 1 unspecified atom stereocenters. The van der Waals surface area contributed by atoms with Crippen LogP contribution in [0.4, 0.5) is 0 Å². The molecule has 0 aliphatic carbocycles. The standard InChI is InChI=1S/C17H28ClN/c1-5-9-17(4,13-19-12-14(2)3)11-15-7-6-8-16(18)10-15/h6-8,10,14,19H,5,9,11-13H2,1-4H3. The molecule has 0 fully saturated rings. The Kier molecular flexibility index (Phi) is 6.88. The maximum Gasteiger partial charge on any atom is 0.0408 e. The SMILES string of the molecule is CCCC(C)(CNCC(C)C)Cc1cccc(Cl)c1. The summed E-state index contributed by atoms with van der Waals surface area (Å²) in [6.45, 7) is 11.3. The van der Waals surface area contributed by atoms with Crippen molar-refractivity contribution in [1.82, 2.24) is 5.32 Å². The van der Waals surface area contributed by atoms with Crippen molar-refractivity contribution in [3.05, 3.63) is 34.9 Å². The van der Waals surface area contributed by atoms with E-state index in [1.54, 1.807) is 0 Å². The Morgan fingerprint density at radius 2 is 2.05 bits per heavy atom. The maximum absolute atomic E-state index is 6.08. The van der Waals surface area contributed by atoms with Crippen LogP contribution >= 0.6 is 11.6 Å². The van der Waals surface area contributed by atoms with Crippen molar-refractivity contribution in [2.45, 2.75) is 47.0 Å². The molecular weight excluding hydrogens is 254 g/mol. The first-order valence-electron chi connectivity index (χ1n) is 7.40. The summed E-state index contributed by atoms with van der Waals surface area (Å²) in [5.74, 6) is 0.706. The average Bonchev–Trinajstić information content (AvgIpc) is 2.28. The normalized spacial score (nSPS) is 14.6. The van der Waals surface area contributed by atoms with Crippen LogP contribution in [0.15, 0.2) is 24.3 Å². The molecule has 19 heavy (non-hydrogen) atoms. The van der Waals surface area contributed by atoms with Crippen molar-refractivity contribution >= 4 is 11.6 Å². The molecular formula is C17H28ClN. The van der Waals surface area contributed by atoms with Gasteiger partial charge >= 0.3 is 0 Å². The highest BCUT2D eigenvalue weighted by Gasteiger charge is 2.23. The molecule has 0 heterocycles. The topological polar surface area (TPSA) is 12.0 Å². The molecule has 0 saturated carbocycles. The largest absolute Gasteiger partial charge is 0.316 e. The minimum Gasteiger partial charge on any atom is -0.316 e. The summed E-state index contributed by atoms with van der Waals surface area (Å²) in [5.41, 5.74) is 1.66. The third kappa shape index (κ3) is 6.44. The van der Waals surface area contributed by atoms with Gasteiger partial charge in [0.05, 0.1) is 0 Å². The van der Waals surface area contributed by atoms with Crippen molar-refractivity contribution in [3.8, 4) is 0 Å². The second kappa shape index (κ2) is 7.91. The van der Waals surface area contributed by atoms with Gasteiger partial charge in [0.25, 0.3) is 0 Å². The van der Waals surface area contributed by atoms with Crippen molar-refractivity contribution in [2.75, 3.05) is 13.1 Å². The highest BCUT2D eigenvalue weighted by molar-refractivity contribution is 6.30. The van der Waals surface area contributed by atoms with Crippen molar-refractivity contribution in [1.29, 1.82) is 0 Å². The summed E-state index contributed by atoms with van der Waals surface area (Å²) in [6, 6.07) is 8.27. The number of rotatable bonds is 8. The molecule has 1 atom stereocenters. The van der Waals surface area contributed by atoms with Gasteiger partial charge in [-0.15, -0.1) is 0 Å². The fourth-order valence-corrected chi connectivity index (χ4v) is 2.86. The van der Waals surface area contributed by atoms with Crippen LogP contribution < -0.4 is 5.32 Å². The Labute approximate surface area is 123 Å². The maximum atomic E-state index is 6.08. The van der Waals surface area contributed by atoms with Crippen LogP contribution in [-0.2, 0) is 6.42 Å². The van der Waals surface area contributed by atoms with Crippen molar-refractivity contribution in [2.24, 2.45) is 11.3 Å². The summed E-state index contributed by atoms with van der Waals surface area (Å²) < 4.78 is 0. The molecule has 0 amide bonds. The second-order valence-electron chi connectivity index (χ2n) is 6.39. The molecule has 0 spiro atoms. The van der Waals surface area contributed by atoms with Gasteiger partial charge in [-0.3, -0.25) is 0 Å². The third-order valence-electron chi connectivity index (χ3n) is 3.48. The molecule has 1 aromatic rings. The van der Waals surface area contributed by atoms with Gasteiger partial charge in [0.15, 0.2) is 0 Å². The fourth-order valence-electron chi connectivity index (χ4n) is 2.65. The molecule has 1 aromatic carbocycles. The van der Waals surface area contributed by atoms with E-state index >= 15 is 0 Å². The Hall–Kier alpha value is -0.530. The minimum absolute atomic E-state index is 0.314. The van der Waals surface area contributed by atoms with E-state index in [9.17, 15) is 0 Å². The van der Waals surface area contributed by atoms with Crippen LogP contribution in [0, 0.1) is 11.3 Å². The third-order valence-corrected chi connectivity index (χ3v) is 3.71. The van der Waals surface area contributed by atoms with Gasteiger partial charge in [-0.25, -0.2) is 0 Å². The van der Waals surface area contributed by atoms with Crippen LogP contribution in [0.1, 0.15) is 46.1 Å². The van der Waals surface area contributed by atoms with E-state index in [1.807, 2.05) is 12.1 Å². The molecule has 0 aromatic heterocycles. The van der Waals surface area contributed by atoms with Gasteiger partial charge < -0.3 is 5.32 Å². The fraction of sp³-hybridized carbons (Fsp3) is 0.647. The second-order valence-corrected chi connectivity index (χ2v) is 6.83. The summed E-state index contributed by atoms with van der Waals surface area (Å²) in [7, 11) is 0. The quantitative estimate of drug-likeness (QED) is 0.712. The lowest BCUT2D eigenvalue weighted by molar-refractivity contribution is 0.271. The molecule has 1 rings (SSSR count). The van der Waals surface area contributed by atoms with Crippen molar-refractivity contribution in [3.63, 3.8) is 0 Å². The van der Waals surface area contributed by atoms with Gasteiger partial charge in [-0.1, -0.05) is 57.8 Å². The van der Waals surface area contributed by atoms with E-state index < -0.39 is 0 Å².